The number of fused-ring (bicyclic) bond motifs is 1. The molecule has 0 radical (unpaired) electrons. The molecule has 1 amide bonds. The normalized spacial score (nSPS) is 10.8. The first-order chi connectivity index (χ1) is 12.8. The third kappa shape index (κ3) is 3.25. The predicted molar refractivity (Wildman–Crippen MR) is 95.7 cm³/mol. The highest BCUT2D eigenvalue weighted by atomic mass is 16.3. The van der Waals surface area contributed by atoms with Crippen molar-refractivity contribution in [1.82, 2.24) is 25.1 Å². The lowest BCUT2D eigenvalue weighted by Gasteiger charge is -2.07. The molecule has 2 N–H and O–H groups in total. The molecule has 0 saturated carbocycles. The number of nitrogens with zero attached hydrogens (tertiary/aromatic N) is 4. The van der Waals surface area contributed by atoms with Gasteiger partial charge < -0.3 is 15.1 Å². The summed E-state index contributed by atoms with van der Waals surface area (Å²) in [6.07, 6.45) is 4.71. The summed E-state index contributed by atoms with van der Waals surface area (Å²) in [5.41, 5.74) is 1.58. The lowest BCUT2D eigenvalue weighted by molar-refractivity contribution is -0.119. The molecule has 0 atom stereocenters. The molecule has 3 heterocycles. The van der Waals surface area contributed by atoms with E-state index in [1.165, 1.54) is 6.33 Å². The van der Waals surface area contributed by atoms with Gasteiger partial charge in [-0.3, -0.25) is 4.79 Å². The second kappa shape index (κ2) is 7.06. The number of rotatable bonds is 6. The molecule has 130 valence electrons. The standard InChI is InChI=1S/C18H16N6O2/c25-16(19-9-14-7-4-8-26-14)11-20-17-15-10-23-24(18(15)22-12-21-17)13-5-2-1-3-6-13/h1-8,10,12H,9,11H2,(H,19,25)(H,20,21,22). The van der Waals surface area contributed by atoms with Gasteiger partial charge in [0.2, 0.25) is 5.91 Å². The van der Waals surface area contributed by atoms with Crippen molar-refractivity contribution in [2.45, 2.75) is 6.54 Å². The van der Waals surface area contributed by atoms with Crippen LogP contribution in [0.25, 0.3) is 16.7 Å². The van der Waals surface area contributed by atoms with E-state index >= 15 is 0 Å². The van der Waals surface area contributed by atoms with Crippen molar-refractivity contribution in [3.8, 4) is 5.69 Å². The highest BCUT2D eigenvalue weighted by Crippen LogP contribution is 2.21. The van der Waals surface area contributed by atoms with E-state index in [4.69, 9.17) is 4.42 Å². The Morgan fingerprint density at radius 2 is 2.00 bits per heavy atom. The molecule has 1 aromatic carbocycles. The summed E-state index contributed by atoms with van der Waals surface area (Å²) >= 11 is 0. The van der Waals surface area contributed by atoms with Gasteiger partial charge in [0, 0.05) is 0 Å². The Bertz CT molecular complexity index is 1010. The van der Waals surface area contributed by atoms with E-state index in [0.29, 0.717) is 23.8 Å². The highest BCUT2D eigenvalue weighted by Gasteiger charge is 2.12. The van der Waals surface area contributed by atoms with Crippen LogP contribution in [0.1, 0.15) is 5.76 Å². The summed E-state index contributed by atoms with van der Waals surface area (Å²) in [4.78, 5) is 20.5. The molecule has 0 bridgehead atoms. The Hall–Kier alpha value is -3.68. The van der Waals surface area contributed by atoms with Crippen molar-refractivity contribution in [1.29, 1.82) is 0 Å². The Balaban J connectivity index is 1.47. The molecule has 0 aliphatic carbocycles. The number of hydrogen-bond donors (Lipinski definition) is 2. The number of amides is 1. The van der Waals surface area contributed by atoms with Crippen LogP contribution in [0.2, 0.25) is 0 Å². The van der Waals surface area contributed by atoms with Gasteiger partial charge in [0.25, 0.3) is 0 Å². The fraction of sp³-hybridized carbons (Fsp3) is 0.111. The molecule has 0 unspecified atom stereocenters. The molecule has 8 nitrogen and oxygen atoms in total. The molecule has 4 rings (SSSR count). The van der Waals surface area contributed by atoms with Gasteiger partial charge in [-0.1, -0.05) is 18.2 Å². The van der Waals surface area contributed by atoms with E-state index in [-0.39, 0.29) is 12.5 Å². The predicted octanol–water partition coefficient (Wildman–Crippen LogP) is 2.14. The van der Waals surface area contributed by atoms with Gasteiger partial charge in [0.15, 0.2) is 5.65 Å². The largest absolute Gasteiger partial charge is 0.467 e. The molecule has 4 aromatic rings. The van der Waals surface area contributed by atoms with Crippen molar-refractivity contribution >= 4 is 22.8 Å². The molecular formula is C18H16N6O2. The number of hydrogen-bond acceptors (Lipinski definition) is 6. The second-order valence-corrected chi connectivity index (χ2v) is 5.56. The maximum absolute atomic E-state index is 12.0. The minimum Gasteiger partial charge on any atom is -0.467 e. The van der Waals surface area contributed by atoms with Gasteiger partial charge in [-0.15, -0.1) is 0 Å². The molecule has 0 fully saturated rings. The van der Waals surface area contributed by atoms with Crippen LogP contribution in [-0.4, -0.2) is 32.2 Å². The van der Waals surface area contributed by atoms with Crippen LogP contribution in [0.3, 0.4) is 0 Å². The van der Waals surface area contributed by atoms with E-state index in [1.54, 1.807) is 29.3 Å². The number of carbonyl (C=O) groups excluding carboxylic acids is 1. The van der Waals surface area contributed by atoms with E-state index < -0.39 is 0 Å². The number of nitrogens with one attached hydrogen (secondary N) is 2. The van der Waals surface area contributed by atoms with Crippen LogP contribution < -0.4 is 10.6 Å². The number of carbonyl (C=O) groups is 1. The zero-order valence-corrected chi connectivity index (χ0v) is 13.8. The number of furan rings is 1. The monoisotopic (exact) mass is 348 g/mol. The number of benzene rings is 1. The number of para-hydroxylation sites is 1. The summed E-state index contributed by atoms with van der Waals surface area (Å²) in [7, 11) is 0. The van der Waals surface area contributed by atoms with Crippen LogP contribution in [-0.2, 0) is 11.3 Å². The van der Waals surface area contributed by atoms with Gasteiger partial charge >= 0.3 is 0 Å². The Morgan fingerprint density at radius 3 is 2.81 bits per heavy atom. The third-order valence-corrected chi connectivity index (χ3v) is 3.82. The molecule has 0 aliphatic heterocycles. The van der Waals surface area contributed by atoms with E-state index in [9.17, 15) is 4.79 Å². The second-order valence-electron chi connectivity index (χ2n) is 5.56. The zero-order chi connectivity index (χ0) is 17.8. The maximum Gasteiger partial charge on any atom is 0.239 e. The SMILES string of the molecule is O=C(CNc1ncnc2c1cnn2-c1ccccc1)NCc1ccco1. The zero-order valence-electron chi connectivity index (χ0n) is 13.8. The first-order valence-electron chi connectivity index (χ1n) is 8.08. The topological polar surface area (TPSA) is 97.9 Å². The summed E-state index contributed by atoms with van der Waals surface area (Å²) in [6.45, 7) is 0.433. The van der Waals surface area contributed by atoms with Gasteiger partial charge in [-0.05, 0) is 24.3 Å². The van der Waals surface area contributed by atoms with Crippen molar-refractivity contribution in [2.75, 3.05) is 11.9 Å². The number of anilines is 1. The quantitative estimate of drug-likeness (QED) is 0.554. The number of aromatic nitrogens is 4. The summed E-state index contributed by atoms with van der Waals surface area (Å²) in [5.74, 6) is 1.10. The average Bonchev–Trinajstić information content (AvgIpc) is 3.35. The van der Waals surface area contributed by atoms with Crippen molar-refractivity contribution in [3.05, 3.63) is 67.0 Å². The van der Waals surface area contributed by atoms with Crippen LogP contribution in [0.15, 0.2) is 65.7 Å². The first kappa shape index (κ1) is 15.8. The minimum absolute atomic E-state index is 0.0866. The Kier molecular flexibility index (Phi) is 4.29. The Labute approximate surface area is 148 Å². The van der Waals surface area contributed by atoms with Gasteiger partial charge in [0.1, 0.15) is 17.9 Å². The Morgan fingerprint density at radius 1 is 1.12 bits per heavy atom. The highest BCUT2D eigenvalue weighted by molar-refractivity contribution is 5.89. The summed E-state index contributed by atoms with van der Waals surface area (Å²) in [5, 5.41) is 10.9. The van der Waals surface area contributed by atoms with Crippen molar-refractivity contribution in [3.63, 3.8) is 0 Å². The van der Waals surface area contributed by atoms with Crippen LogP contribution in [0, 0.1) is 0 Å². The van der Waals surface area contributed by atoms with Crippen LogP contribution in [0.5, 0.6) is 0 Å². The molecule has 0 saturated heterocycles. The smallest absolute Gasteiger partial charge is 0.239 e. The van der Waals surface area contributed by atoms with E-state index in [2.05, 4.69) is 25.7 Å². The van der Waals surface area contributed by atoms with E-state index in [1.807, 2.05) is 30.3 Å². The minimum atomic E-state index is -0.163. The lowest BCUT2D eigenvalue weighted by atomic mass is 10.3. The average molecular weight is 348 g/mol. The molecule has 0 aliphatic rings. The summed E-state index contributed by atoms with van der Waals surface area (Å²) in [6, 6.07) is 13.3. The van der Waals surface area contributed by atoms with Gasteiger partial charge in [-0.25, -0.2) is 14.6 Å². The third-order valence-electron chi connectivity index (χ3n) is 3.82. The van der Waals surface area contributed by atoms with Crippen molar-refractivity contribution < 1.29 is 9.21 Å². The van der Waals surface area contributed by atoms with Crippen molar-refractivity contribution in [2.24, 2.45) is 0 Å². The first-order valence-corrected chi connectivity index (χ1v) is 8.08. The molecule has 26 heavy (non-hydrogen) atoms. The van der Waals surface area contributed by atoms with Gasteiger partial charge in [-0.2, -0.15) is 5.10 Å². The van der Waals surface area contributed by atoms with Gasteiger partial charge in [0.05, 0.1) is 36.6 Å². The maximum atomic E-state index is 12.0. The van der Waals surface area contributed by atoms with E-state index in [0.717, 1.165) is 11.1 Å². The summed E-state index contributed by atoms with van der Waals surface area (Å²) < 4.78 is 6.92. The fourth-order valence-corrected chi connectivity index (χ4v) is 2.57. The van der Waals surface area contributed by atoms with Crippen LogP contribution in [0.4, 0.5) is 5.82 Å². The molecule has 8 heteroatoms. The molecular weight excluding hydrogens is 332 g/mol. The fourth-order valence-electron chi connectivity index (χ4n) is 2.57. The molecule has 0 spiro atoms. The molecule has 3 aromatic heterocycles. The van der Waals surface area contributed by atoms with Crippen LogP contribution >= 0.6 is 0 Å². The lowest BCUT2D eigenvalue weighted by Crippen LogP contribution is -2.29.